The molecule has 2 aromatic rings. The number of anilines is 1. The molecule has 0 aliphatic heterocycles. The smallest absolute Gasteiger partial charge is 0.131 e. The molecule has 0 radical (unpaired) electrons. The zero-order valence-electron chi connectivity index (χ0n) is 9.74. The average Bonchev–Trinajstić information content (AvgIpc) is 2.34. The molecule has 1 aromatic heterocycles. The van der Waals surface area contributed by atoms with Crippen molar-refractivity contribution in [1.29, 1.82) is 0 Å². The molecule has 0 saturated heterocycles. The van der Waals surface area contributed by atoms with E-state index in [9.17, 15) is 0 Å². The summed E-state index contributed by atoms with van der Waals surface area (Å²) in [5.41, 5.74) is 7.03. The molecular weight excluding hydrogens is 327 g/mol. The largest absolute Gasteiger partial charge is 0.383 e. The Hall–Kier alpha value is -0.880. The Bertz CT molecular complexity index is 528. The molecule has 0 aliphatic rings. The first kappa shape index (κ1) is 12.6. The van der Waals surface area contributed by atoms with Gasteiger partial charge in [0, 0.05) is 27.1 Å². The van der Waals surface area contributed by atoms with Gasteiger partial charge in [0.1, 0.15) is 5.82 Å². The van der Waals surface area contributed by atoms with Crippen LogP contribution in [0.1, 0.15) is 18.9 Å². The minimum atomic E-state index is 0.585. The summed E-state index contributed by atoms with van der Waals surface area (Å²) in [4.78, 5) is 4.15. The van der Waals surface area contributed by atoms with Crippen molar-refractivity contribution < 1.29 is 4.74 Å². The molecule has 0 atom stereocenters. The van der Waals surface area contributed by atoms with Gasteiger partial charge in [-0.15, -0.1) is 0 Å². The predicted molar refractivity (Wildman–Crippen MR) is 78.8 cm³/mol. The third kappa shape index (κ3) is 2.87. The maximum absolute atomic E-state index is 5.85. The van der Waals surface area contributed by atoms with E-state index in [1.165, 1.54) is 5.56 Å². The van der Waals surface area contributed by atoms with Gasteiger partial charge in [-0.05, 0) is 40.6 Å². The molecule has 0 unspecified atom stereocenters. The van der Waals surface area contributed by atoms with Crippen LogP contribution in [0.4, 0.5) is 5.82 Å². The molecule has 1 heterocycles. The Morgan fingerprint density at radius 3 is 2.94 bits per heavy atom. The van der Waals surface area contributed by atoms with Crippen molar-refractivity contribution in [3.8, 4) is 0 Å². The molecule has 2 rings (SSSR count). The first-order valence-electron chi connectivity index (χ1n) is 5.62. The van der Waals surface area contributed by atoms with E-state index in [1.54, 1.807) is 6.20 Å². The minimum absolute atomic E-state index is 0.585. The van der Waals surface area contributed by atoms with Gasteiger partial charge in [-0.2, -0.15) is 0 Å². The summed E-state index contributed by atoms with van der Waals surface area (Å²) < 4.78 is 6.65. The van der Waals surface area contributed by atoms with E-state index in [4.69, 9.17) is 10.5 Å². The van der Waals surface area contributed by atoms with Crippen molar-refractivity contribution in [2.24, 2.45) is 0 Å². The van der Waals surface area contributed by atoms with E-state index >= 15 is 0 Å². The van der Waals surface area contributed by atoms with Gasteiger partial charge >= 0.3 is 0 Å². The maximum atomic E-state index is 5.85. The molecule has 0 fully saturated rings. The summed E-state index contributed by atoms with van der Waals surface area (Å²) in [6.45, 7) is 3.56. The fraction of sp³-hybridized carbons (Fsp3) is 0.308. The van der Waals surface area contributed by atoms with Crippen LogP contribution >= 0.6 is 22.6 Å². The summed E-state index contributed by atoms with van der Waals surface area (Å²) >= 11 is 2.28. The summed E-state index contributed by atoms with van der Waals surface area (Å²) in [5, 5.41) is 2.16. The summed E-state index contributed by atoms with van der Waals surface area (Å²) in [5.74, 6) is 0.585. The van der Waals surface area contributed by atoms with Crippen LogP contribution in [0.5, 0.6) is 0 Å². The first-order valence-corrected chi connectivity index (χ1v) is 6.70. The first-order chi connectivity index (χ1) is 8.22. The molecule has 0 amide bonds. The second-order valence-corrected chi connectivity index (χ2v) is 5.09. The molecule has 0 aliphatic carbocycles. The lowest BCUT2D eigenvalue weighted by molar-refractivity contribution is 0.121. The molecule has 2 N–H and O–H groups in total. The lowest BCUT2D eigenvalue weighted by Gasteiger charge is -2.07. The SMILES string of the molecule is CCCOCc1ccc2c(N)ncc(I)c2c1. The molecule has 0 saturated carbocycles. The minimum Gasteiger partial charge on any atom is -0.383 e. The monoisotopic (exact) mass is 342 g/mol. The Labute approximate surface area is 115 Å². The number of nitrogen functional groups attached to an aromatic ring is 1. The van der Waals surface area contributed by atoms with E-state index < -0.39 is 0 Å². The lowest BCUT2D eigenvalue weighted by Crippen LogP contribution is -1.96. The lowest BCUT2D eigenvalue weighted by atomic mass is 10.1. The van der Waals surface area contributed by atoms with Crippen LogP contribution in [0, 0.1) is 3.57 Å². The van der Waals surface area contributed by atoms with Gasteiger partial charge in [-0.1, -0.05) is 19.1 Å². The fourth-order valence-corrected chi connectivity index (χ4v) is 2.29. The van der Waals surface area contributed by atoms with Crippen LogP contribution in [0.2, 0.25) is 0 Å². The van der Waals surface area contributed by atoms with E-state index in [1.807, 2.05) is 12.1 Å². The number of halogens is 1. The quantitative estimate of drug-likeness (QED) is 0.685. The Balaban J connectivity index is 2.33. The molecule has 3 nitrogen and oxygen atoms in total. The number of hydrogen-bond acceptors (Lipinski definition) is 3. The fourth-order valence-electron chi connectivity index (χ4n) is 1.70. The Kier molecular flexibility index (Phi) is 4.17. The number of aromatic nitrogens is 1. The van der Waals surface area contributed by atoms with E-state index in [-0.39, 0.29) is 0 Å². The molecule has 1 aromatic carbocycles. The standard InChI is InChI=1S/C13H15IN2O/c1-2-5-17-8-9-3-4-10-11(6-9)12(14)7-16-13(10)15/h3-4,6-7H,2,5,8H2,1H3,(H2,15,16). The Morgan fingerprint density at radius 2 is 2.18 bits per heavy atom. The highest BCUT2D eigenvalue weighted by Gasteiger charge is 2.04. The van der Waals surface area contributed by atoms with Crippen LogP contribution in [-0.4, -0.2) is 11.6 Å². The second-order valence-electron chi connectivity index (χ2n) is 3.92. The van der Waals surface area contributed by atoms with Crippen LogP contribution in [0.25, 0.3) is 10.8 Å². The summed E-state index contributed by atoms with van der Waals surface area (Å²) in [6, 6.07) is 6.20. The van der Waals surface area contributed by atoms with Gasteiger partial charge in [0.15, 0.2) is 0 Å². The van der Waals surface area contributed by atoms with Gasteiger partial charge in [-0.3, -0.25) is 0 Å². The van der Waals surface area contributed by atoms with Gasteiger partial charge < -0.3 is 10.5 Å². The zero-order chi connectivity index (χ0) is 12.3. The topological polar surface area (TPSA) is 48.1 Å². The zero-order valence-corrected chi connectivity index (χ0v) is 11.9. The van der Waals surface area contributed by atoms with Crippen LogP contribution in [0.15, 0.2) is 24.4 Å². The highest BCUT2D eigenvalue weighted by atomic mass is 127. The molecule has 17 heavy (non-hydrogen) atoms. The third-order valence-corrected chi connectivity index (χ3v) is 3.41. The molecule has 4 heteroatoms. The van der Waals surface area contributed by atoms with E-state index in [0.29, 0.717) is 12.4 Å². The summed E-state index contributed by atoms with van der Waals surface area (Å²) in [7, 11) is 0. The number of nitrogens with zero attached hydrogens (tertiary/aromatic N) is 1. The third-order valence-electron chi connectivity index (χ3n) is 2.55. The highest BCUT2D eigenvalue weighted by Crippen LogP contribution is 2.25. The number of ether oxygens (including phenoxy) is 1. The van der Waals surface area contributed by atoms with Crippen LogP contribution in [0.3, 0.4) is 0 Å². The van der Waals surface area contributed by atoms with Crippen LogP contribution in [-0.2, 0) is 11.3 Å². The number of rotatable bonds is 4. The van der Waals surface area contributed by atoms with Gasteiger partial charge in [0.2, 0.25) is 0 Å². The maximum Gasteiger partial charge on any atom is 0.131 e. The van der Waals surface area contributed by atoms with Crippen molar-refractivity contribution in [3.05, 3.63) is 33.5 Å². The number of benzene rings is 1. The average molecular weight is 342 g/mol. The van der Waals surface area contributed by atoms with E-state index in [2.05, 4.69) is 40.6 Å². The highest BCUT2D eigenvalue weighted by molar-refractivity contribution is 14.1. The second kappa shape index (κ2) is 5.64. The molecule has 0 spiro atoms. The molecular formula is C13H15IN2O. The number of fused-ring (bicyclic) bond motifs is 1. The van der Waals surface area contributed by atoms with Gasteiger partial charge in [0.25, 0.3) is 0 Å². The van der Waals surface area contributed by atoms with E-state index in [0.717, 1.165) is 27.4 Å². The van der Waals surface area contributed by atoms with Crippen molar-refractivity contribution in [3.63, 3.8) is 0 Å². The molecule has 0 bridgehead atoms. The molecule has 90 valence electrons. The predicted octanol–water partition coefficient (Wildman–Crippen LogP) is 3.35. The number of nitrogens with two attached hydrogens (primary N) is 1. The number of pyridine rings is 1. The van der Waals surface area contributed by atoms with Gasteiger partial charge in [-0.25, -0.2) is 4.98 Å². The Morgan fingerprint density at radius 1 is 1.35 bits per heavy atom. The van der Waals surface area contributed by atoms with Crippen molar-refractivity contribution in [2.45, 2.75) is 20.0 Å². The number of hydrogen-bond donors (Lipinski definition) is 1. The van der Waals surface area contributed by atoms with Crippen molar-refractivity contribution in [2.75, 3.05) is 12.3 Å². The van der Waals surface area contributed by atoms with Crippen molar-refractivity contribution >= 4 is 39.2 Å². The van der Waals surface area contributed by atoms with Crippen LogP contribution < -0.4 is 5.73 Å². The normalized spacial score (nSPS) is 10.9. The van der Waals surface area contributed by atoms with Crippen molar-refractivity contribution in [1.82, 2.24) is 4.98 Å². The van der Waals surface area contributed by atoms with Gasteiger partial charge in [0.05, 0.1) is 6.61 Å². The summed E-state index contributed by atoms with van der Waals surface area (Å²) in [6.07, 6.45) is 2.84.